The second-order valence-electron chi connectivity index (χ2n) is 7.57. The molecule has 2 atom stereocenters. The van der Waals surface area contributed by atoms with E-state index >= 15 is 8.78 Å². The van der Waals surface area contributed by atoms with Crippen molar-refractivity contribution in [2.24, 2.45) is 5.41 Å². The van der Waals surface area contributed by atoms with Crippen LogP contribution in [0.4, 0.5) is 17.6 Å². The number of carbonyl (C=O) groups excluding carboxylic acids is 1. The van der Waals surface area contributed by atoms with Crippen molar-refractivity contribution in [2.45, 2.75) is 51.4 Å². The number of hydrogen-bond donors (Lipinski definition) is 2. The molecule has 0 spiro atoms. The SMILES string of the molecule is CCOC(=O)C(C)(C)C(C)(O)C(F)(F)C(O)(Cn1cncn1)c1ccc(F)cc1F. The molecule has 1 aromatic heterocycles. The summed E-state index contributed by atoms with van der Waals surface area (Å²) in [6.45, 7) is 2.91. The van der Waals surface area contributed by atoms with E-state index in [0.29, 0.717) is 25.1 Å². The summed E-state index contributed by atoms with van der Waals surface area (Å²) in [7, 11) is 0. The first-order valence-corrected chi connectivity index (χ1v) is 9.00. The molecule has 0 saturated heterocycles. The van der Waals surface area contributed by atoms with Gasteiger partial charge in [-0.1, -0.05) is 0 Å². The smallest absolute Gasteiger partial charge is 0.314 e. The topological polar surface area (TPSA) is 97.5 Å². The Hall–Kier alpha value is -2.53. The highest BCUT2D eigenvalue weighted by atomic mass is 19.3. The number of aliphatic hydroxyl groups is 2. The van der Waals surface area contributed by atoms with Gasteiger partial charge in [-0.05, 0) is 39.8 Å². The molecule has 2 unspecified atom stereocenters. The molecule has 2 N–H and O–H groups in total. The Morgan fingerprint density at radius 1 is 1.20 bits per heavy atom. The van der Waals surface area contributed by atoms with Crippen LogP contribution in [0.2, 0.25) is 0 Å². The van der Waals surface area contributed by atoms with Crippen LogP contribution in [-0.2, 0) is 21.7 Å². The van der Waals surface area contributed by atoms with Gasteiger partial charge in [0.1, 0.15) is 29.9 Å². The predicted octanol–water partition coefficient (Wildman–Crippen LogP) is 2.42. The number of halogens is 4. The Balaban J connectivity index is 2.71. The monoisotopic (exact) mass is 433 g/mol. The molecule has 1 aromatic carbocycles. The Kier molecular flexibility index (Phi) is 6.29. The van der Waals surface area contributed by atoms with Crippen LogP contribution in [0.15, 0.2) is 30.9 Å². The van der Waals surface area contributed by atoms with Gasteiger partial charge in [-0.25, -0.2) is 18.4 Å². The van der Waals surface area contributed by atoms with Crippen molar-refractivity contribution in [1.29, 1.82) is 0 Å². The molecule has 166 valence electrons. The Morgan fingerprint density at radius 2 is 1.83 bits per heavy atom. The number of esters is 1. The van der Waals surface area contributed by atoms with E-state index in [1.165, 1.54) is 6.92 Å². The molecule has 0 aliphatic carbocycles. The molecular weight excluding hydrogens is 410 g/mol. The number of hydrogen-bond acceptors (Lipinski definition) is 6. The number of carbonyl (C=O) groups is 1. The van der Waals surface area contributed by atoms with Gasteiger partial charge >= 0.3 is 11.9 Å². The van der Waals surface area contributed by atoms with Gasteiger partial charge in [0, 0.05) is 11.6 Å². The highest BCUT2D eigenvalue weighted by molar-refractivity contribution is 5.77. The van der Waals surface area contributed by atoms with Crippen LogP contribution >= 0.6 is 0 Å². The minimum atomic E-state index is -4.57. The fourth-order valence-electron chi connectivity index (χ4n) is 3.03. The largest absolute Gasteiger partial charge is 0.465 e. The number of aromatic nitrogens is 3. The van der Waals surface area contributed by atoms with E-state index in [2.05, 4.69) is 10.1 Å². The van der Waals surface area contributed by atoms with E-state index in [4.69, 9.17) is 4.74 Å². The lowest BCUT2D eigenvalue weighted by Gasteiger charge is -2.49. The molecule has 0 aliphatic heterocycles. The third-order valence-electron chi connectivity index (χ3n) is 5.37. The Labute approximate surface area is 170 Å². The van der Waals surface area contributed by atoms with Crippen molar-refractivity contribution in [3.05, 3.63) is 48.1 Å². The van der Waals surface area contributed by atoms with Gasteiger partial charge in [0.25, 0.3) is 0 Å². The average Bonchev–Trinajstić information content (AvgIpc) is 3.13. The first-order valence-electron chi connectivity index (χ1n) is 9.00. The maximum absolute atomic E-state index is 15.9. The molecule has 2 aromatic rings. The van der Waals surface area contributed by atoms with Crippen molar-refractivity contribution >= 4 is 5.97 Å². The maximum atomic E-state index is 15.9. The zero-order valence-corrected chi connectivity index (χ0v) is 16.9. The molecule has 0 radical (unpaired) electrons. The summed E-state index contributed by atoms with van der Waals surface area (Å²) >= 11 is 0. The fraction of sp³-hybridized carbons (Fsp3) is 0.526. The zero-order valence-electron chi connectivity index (χ0n) is 16.9. The number of ether oxygens (including phenoxy) is 1. The summed E-state index contributed by atoms with van der Waals surface area (Å²) in [4.78, 5) is 15.9. The van der Waals surface area contributed by atoms with Crippen LogP contribution in [0.3, 0.4) is 0 Å². The van der Waals surface area contributed by atoms with E-state index < -0.39 is 52.3 Å². The van der Waals surface area contributed by atoms with E-state index in [1.807, 2.05) is 0 Å². The summed E-state index contributed by atoms with van der Waals surface area (Å²) in [6, 6.07) is 1.65. The first kappa shape index (κ1) is 23.7. The zero-order chi connectivity index (χ0) is 23.0. The molecule has 0 aliphatic rings. The van der Waals surface area contributed by atoms with Gasteiger partial charge in [0.15, 0.2) is 5.60 Å². The lowest BCUT2D eigenvalue weighted by Crippen LogP contribution is -2.68. The summed E-state index contributed by atoms with van der Waals surface area (Å²) in [6.07, 6.45) is 1.99. The average molecular weight is 433 g/mol. The van der Waals surface area contributed by atoms with Gasteiger partial charge in [-0.2, -0.15) is 13.9 Å². The van der Waals surface area contributed by atoms with Crippen LogP contribution < -0.4 is 0 Å². The van der Waals surface area contributed by atoms with Crippen molar-refractivity contribution in [2.75, 3.05) is 6.61 Å². The molecular formula is C19H23F4N3O4. The number of alkyl halides is 2. The third-order valence-corrected chi connectivity index (χ3v) is 5.37. The number of nitrogens with zero attached hydrogens (tertiary/aromatic N) is 3. The van der Waals surface area contributed by atoms with Gasteiger partial charge in [-0.3, -0.25) is 4.79 Å². The number of rotatable bonds is 8. The lowest BCUT2D eigenvalue weighted by molar-refractivity contribution is -0.306. The minimum Gasteiger partial charge on any atom is -0.465 e. The summed E-state index contributed by atoms with van der Waals surface area (Å²) in [5.74, 6) is -8.25. The molecule has 0 fully saturated rings. The van der Waals surface area contributed by atoms with Crippen LogP contribution in [-0.4, -0.2) is 49.1 Å². The predicted molar refractivity (Wildman–Crippen MR) is 96.3 cm³/mol. The van der Waals surface area contributed by atoms with Gasteiger partial charge in [0.2, 0.25) is 0 Å². The van der Waals surface area contributed by atoms with E-state index in [9.17, 15) is 23.8 Å². The van der Waals surface area contributed by atoms with Crippen LogP contribution in [0, 0.1) is 17.0 Å². The van der Waals surface area contributed by atoms with E-state index in [0.717, 1.165) is 31.2 Å². The van der Waals surface area contributed by atoms with E-state index in [1.54, 1.807) is 0 Å². The van der Waals surface area contributed by atoms with E-state index in [-0.39, 0.29) is 6.61 Å². The Morgan fingerprint density at radius 3 is 2.33 bits per heavy atom. The minimum absolute atomic E-state index is 0.139. The van der Waals surface area contributed by atoms with Crippen LogP contribution in [0.5, 0.6) is 0 Å². The lowest BCUT2D eigenvalue weighted by atomic mass is 9.66. The molecule has 2 rings (SSSR count). The van der Waals surface area contributed by atoms with Gasteiger partial charge < -0.3 is 14.9 Å². The van der Waals surface area contributed by atoms with Crippen molar-refractivity contribution in [1.82, 2.24) is 14.8 Å². The van der Waals surface area contributed by atoms with Crippen molar-refractivity contribution < 1.29 is 37.3 Å². The first-order chi connectivity index (χ1) is 13.7. The van der Waals surface area contributed by atoms with Crippen LogP contribution in [0.1, 0.15) is 33.3 Å². The summed E-state index contributed by atoms with van der Waals surface area (Å²) in [5, 5.41) is 25.7. The summed E-state index contributed by atoms with van der Waals surface area (Å²) < 4.78 is 65.2. The maximum Gasteiger partial charge on any atom is 0.314 e. The van der Waals surface area contributed by atoms with Crippen molar-refractivity contribution in [3.63, 3.8) is 0 Å². The molecule has 11 heteroatoms. The third kappa shape index (κ3) is 3.67. The highest BCUT2D eigenvalue weighted by Gasteiger charge is 2.71. The highest BCUT2D eigenvalue weighted by Crippen LogP contribution is 2.53. The van der Waals surface area contributed by atoms with Gasteiger partial charge in [0.05, 0.1) is 18.6 Å². The number of benzene rings is 1. The van der Waals surface area contributed by atoms with Crippen LogP contribution in [0.25, 0.3) is 0 Å². The quantitative estimate of drug-likeness (QED) is 0.490. The molecule has 1 heterocycles. The normalized spacial score (nSPS) is 16.6. The standard InChI is InChI=1S/C19H23F4N3O4/c1-5-30-15(27)16(2,3)17(4,28)19(22,23)18(29,9-26-11-24-10-25-26)13-7-6-12(20)8-14(13)21/h6-8,10-11,28-29H,5,9H2,1-4H3. The molecule has 7 nitrogen and oxygen atoms in total. The Bertz CT molecular complexity index is 903. The molecule has 30 heavy (non-hydrogen) atoms. The van der Waals surface area contributed by atoms with Crippen molar-refractivity contribution in [3.8, 4) is 0 Å². The summed E-state index contributed by atoms with van der Waals surface area (Å²) in [5.41, 5.74) is -9.93. The second-order valence-corrected chi connectivity index (χ2v) is 7.57. The molecule has 0 saturated carbocycles. The molecule has 0 bridgehead atoms. The molecule has 0 amide bonds. The fourth-order valence-corrected chi connectivity index (χ4v) is 3.03. The van der Waals surface area contributed by atoms with Gasteiger partial charge in [-0.15, -0.1) is 0 Å². The second kappa shape index (κ2) is 7.95.